The van der Waals surface area contributed by atoms with E-state index in [0.717, 1.165) is 35.6 Å². The maximum Gasteiger partial charge on any atom is 0.264 e. The monoisotopic (exact) mass is 631 g/mol. The Morgan fingerprint density at radius 1 is 0.976 bits per heavy atom. The third-order valence-electron chi connectivity index (χ3n) is 7.35. The van der Waals surface area contributed by atoms with Crippen LogP contribution in [0.2, 0.25) is 10.0 Å². The molecule has 0 bridgehead atoms. The Hall–Kier alpha value is -3.27. The molecule has 4 rings (SSSR count). The zero-order valence-corrected chi connectivity index (χ0v) is 26.0. The van der Waals surface area contributed by atoms with Crippen molar-refractivity contribution in [3.05, 3.63) is 88.4 Å². The quantitative estimate of drug-likeness (QED) is 0.262. The molecule has 42 heavy (non-hydrogen) atoms. The number of methoxy groups -OCH3 is 1. The van der Waals surface area contributed by atoms with E-state index in [0.29, 0.717) is 22.2 Å². The first kappa shape index (κ1) is 31.7. The van der Waals surface area contributed by atoms with E-state index in [1.165, 1.54) is 35.2 Å². The van der Waals surface area contributed by atoms with Crippen molar-refractivity contribution < 1.29 is 22.7 Å². The number of amides is 2. The molecule has 1 fully saturated rings. The van der Waals surface area contributed by atoms with E-state index in [1.54, 1.807) is 43.5 Å². The lowest BCUT2D eigenvalue weighted by Crippen LogP contribution is -2.53. The maximum absolute atomic E-state index is 14.2. The summed E-state index contributed by atoms with van der Waals surface area (Å²) in [6, 6.07) is 18.5. The van der Waals surface area contributed by atoms with Gasteiger partial charge in [-0.05, 0) is 79.4 Å². The molecule has 1 aliphatic carbocycles. The third-order valence-corrected chi connectivity index (χ3v) is 9.63. The minimum atomic E-state index is -4.22. The highest BCUT2D eigenvalue weighted by Crippen LogP contribution is 2.28. The van der Waals surface area contributed by atoms with Crippen molar-refractivity contribution in [1.29, 1.82) is 0 Å². The SMILES string of the molecule is CCC(C(=O)NC1CCCC1)N(Cc1cccc(OC)c1)C(=O)CN(c1cccc(Cl)c1)S(=O)(=O)c1ccc(Cl)cc1. The molecule has 224 valence electrons. The van der Waals surface area contributed by atoms with E-state index in [4.69, 9.17) is 27.9 Å². The van der Waals surface area contributed by atoms with Gasteiger partial charge in [-0.15, -0.1) is 0 Å². The molecule has 3 aromatic rings. The normalized spacial score (nSPS) is 14.3. The number of hydrogen-bond donors (Lipinski definition) is 1. The molecule has 1 saturated carbocycles. The van der Waals surface area contributed by atoms with Crippen LogP contribution in [0, 0.1) is 0 Å². The number of carbonyl (C=O) groups excluding carboxylic acids is 2. The topological polar surface area (TPSA) is 96.0 Å². The largest absolute Gasteiger partial charge is 0.497 e. The van der Waals surface area contributed by atoms with Gasteiger partial charge >= 0.3 is 0 Å². The van der Waals surface area contributed by atoms with Crippen LogP contribution in [0.5, 0.6) is 5.75 Å². The number of sulfonamides is 1. The fourth-order valence-corrected chi connectivity index (χ4v) is 6.86. The lowest BCUT2D eigenvalue weighted by molar-refractivity contribution is -0.140. The summed E-state index contributed by atoms with van der Waals surface area (Å²) in [5.74, 6) is -0.187. The summed E-state index contributed by atoms with van der Waals surface area (Å²) in [5, 5.41) is 3.80. The second kappa shape index (κ2) is 14.3. The molecule has 3 aromatic carbocycles. The van der Waals surface area contributed by atoms with Gasteiger partial charge in [-0.25, -0.2) is 8.42 Å². The van der Waals surface area contributed by atoms with E-state index in [-0.39, 0.29) is 29.1 Å². The van der Waals surface area contributed by atoms with Gasteiger partial charge in [0, 0.05) is 22.6 Å². The number of rotatable bonds is 12. The zero-order valence-electron chi connectivity index (χ0n) is 23.6. The molecule has 11 heteroatoms. The van der Waals surface area contributed by atoms with Crippen LogP contribution in [-0.2, 0) is 26.2 Å². The fraction of sp³-hybridized carbons (Fsp3) is 0.355. The third kappa shape index (κ3) is 7.76. The number of anilines is 1. The van der Waals surface area contributed by atoms with Crippen molar-refractivity contribution >= 4 is 50.7 Å². The number of carbonyl (C=O) groups is 2. The van der Waals surface area contributed by atoms with Crippen LogP contribution in [0.1, 0.15) is 44.6 Å². The number of benzene rings is 3. The number of halogens is 2. The van der Waals surface area contributed by atoms with Crippen LogP contribution in [0.25, 0.3) is 0 Å². The highest BCUT2D eigenvalue weighted by atomic mass is 35.5. The first-order chi connectivity index (χ1) is 20.1. The Labute approximate surface area is 257 Å². The van der Waals surface area contributed by atoms with Crippen LogP contribution in [-0.4, -0.2) is 50.9 Å². The van der Waals surface area contributed by atoms with Crippen LogP contribution in [0.15, 0.2) is 77.7 Å². The van der Waals surface area contributed by atoms with E-state index >= 15 is 0 Å². The Morgan fingerprint density at radius 3 is 2.31 bits per heavy atom. The van der Waals surface area contributed by atoms with E-state index < -0.39 is 28.5 Å². The number of nitrogens with zero attached hydrogens (tertiary/aromatic N) is 2. The highest BCUT2D eigenvalue weighted by Gasteiger charge is 2.34. The molecule has 8 nitrogen and oxygen atoms in total. The predicted molar refractivity (Wildman–Crippen MR) is 165 cm³/mol. The molecule has 1 unspecified atom stereocenters. The second-order valence-electron chi connectivity index (χ2n) is 10.2. The smallest absolute Gasteiger partial charge is 0.264 e. The fourth-order valence-electron chi connectivity index (χ4n) is 5.15. The Bertz CT molecular complexity index is 1490. The molecule has 0 radical (unpaired) electrons. The first-order valence-electron chi connectivity index (χ1n) is 13.9. The Kier molecular flexibility index (Phi) is 10.8. The van der Waals surface area contributed by atoms with Gasteiger partial charge in [-0.2, -0.15) is 0 Å². The number of hydrogen-bond acceptors (Lipinski definition) is 5. The van der Waals surface area contributed by atoms with E-state index in [1.807, 2.05) is 13.0 Å². The molecule has 0 aliphatic heterocycles. The minimum absolute atomic E-state index is 0.0370. The summed E-state index contributed by atoms with van der Waals surface area (Å²) < 4.78 is 34.2. The Balaban J connectivity index is 1.72. The van der Waals surface area contributed by atoms with Gasteiger partial charge in [0.1, 0.15) is 18.3 Å². The molecular formula is C31H35Cl2N3O5S. The average Bonchev–Trinajstić information content (AvgIpc) is 3.49. The molecule has 2 amide bonds. The second-order valence-corrected chi connectivity index (χ2v) is 13.0. The molecule has 0 saturated heterocycles. The Morgan fingerprint density at radius 2 is 1.67 bits per heavy atom. The van der Waals surface area contributed by atoms with Gasteiger partial charge < -0.3 is 15.0 Å². The molecule has 0 spiro atoms. The van der Waals surface area contributed by atoms with E-state index in [2.05, 4.69) is 5.32 Å². The lowest BCUT2D eigenvalue weighted by atomic mass is 10.1. The van der Waals surface area contributed by atoms with Crippen molar-refractivity contribution in [1.82, 2.24) is 10.2 Å². The first-order valence-corrected chi connectivity index (χ1v) is 16.1. The highest BCUT2D eigenvalue weighted by molar-refractivity contribution is 7.92. The molecule has 0 heterocycles. The van der Waals surface area contributed by atoms with Crippen LogP contribution in [0.4, 0.5) is 5.69 Å². The van der Waals surface area contributed by atoms with Crippen molar-refractivity contribution in [3.63, 3.8) is 0 Å². The summed E-state index contributed by atoms with van der Waals surface area (Å²) in [7, 11) is -2.67. The molecule has 1 N–H and O–H groups in total. The summed E-state index contributed by atoms with van der Waals surface area (Å²) in [6.45, 7) is 1.36. The van der Waals surface area contributed by atoms with Gasteiger partial charge in [0.25, 0.3) is 10.0 Å². The molecule has 1 atom stereocenters. The van der Waals surface area contributed by atoms with Crippen molar-refractivity contribution in [2.45, 2.75) is 62.6 Å². The number of ether oxygens (including phenoxy) is 1. The van der Waals surface area contributed by atoms with Gasteiger partial charge in [-0.3, -0.25) is 13.9 Å². The summed E-state index contributed by atoms with van der Waals surface area (Å²) in [4.78, 5) is 29.2. The van der Waals surface area contributed by atoms with Crippen molar-refractivity contribution in [2.24, 2.45) is 0 Å². The predicted octanol–water partition coefficient (Wildman–Crippen LogP) is 6.06. The molecule has 0 aromatic heterocycles. The zero-order chi connectivity index (χ0) is 30.3. The molecular weight excluding hydrogens is 597 g/mol. The van der Waals surface area contributed by atoms with E-state index in [9.17, 15) is 18.0 Å². The maximum atomic E-state index is 14.2. The van der Waals surface area contributed by atoms with Gasteiger partial charge in [0.05, 0.1) is 17.7 Å². The summed E-state index contributed by atoms with van der Waals surface area (Å²) >= 11 is 12.2. The number of nitrogens with one attached hydrogen (secondary N) is 1. The van der Waals surface area contributed by atoms with Crippen LogP contribution < -0.4 is 14.4 Å². The van der Waals surface area contributed by atoms with Gasteiger partial charge in [-0.1, -0.05) is 61.2 Å². The van der Waals surface area contributed by atoms with Gasteiger partial charge in [0.2, 0.25) is 11.8 Å². The standard InChI is InChI=1S/C31H35Cl2N3O5S/c1-3-29(31(38)34-25-10-4-5-11-25)35(20-22-8-6-13-27(18-22)41-2)30(37)21-36(26-12-7-9-24(33)19-26)42(39,40)28-16-14-23(32)15-17-28/h6-9,12-19,25,29H,3-5,10-11,20-21H2,1-2H3,(H,34,38). The molecule has 1 aliphatic rings. The van der Waals surface area contributed by atoms with Crippen molar-refractivity contribution in [2.75, 3.05) is 18.0 Å². The van der Waals surface area contributed by atoms with Crippen LogP contribution >= 0.6 is 23.2 Å². The summed E-state index contributed by atoms with van der Waals surface area (Å²) in [5.41, 5.74) is 0.959. The summed E-state index contributed by atoms with van der Waals surface area (Å²) in [6.07, 6.45) is 4.23. The van der Waals surface area contributed by atoms with Gasteiger partial charge in [0.15, 0.2) is 0 Å². The minimum Gasteiger partial charge on any atom is -0.497 e. The van der Waals surface area contributed by atoms with Crippen LogP contribution in [0.3, 0.4) is 0 Å². The van der Waals surface area contributed by atoms with Crippen molar-refractivity contribution in [3.8, 4) is 5.75 Å². The average molecular weight is 633 g/mol. The lowest BCUT2D eigenvalue weighted by Gasteiger charge is -2.34.